The van der Waals surface area contributed by atoms with Crippen LogP contribution in [0.15, 0.2) is 82.8 Å². The number of halogens is 2. The number of hydrogen-bond donors (Lipinski definition) is 2. The summed E-state index contributed by atoms with van der Waals surface area (Å²) < 4.78 is 20.0. The SMILES string of the molecule is CN(CCc1ccccc1)C(=O)C1=C(c2ccc(CCOc3cc(F)ccc3Br)cc2)CC2CNC[C@H]1N2C(=O)O. The molecule has 214 valence electrons. The molecule has 2 amide bonds. The second-order valence-electron chi connectivity index (χ2n) is 10.4. The fourth-order valence-corrected chi connectivity index (χ4v) is 5.98. The van der Waals surface area contributed by atoms with E-state index in [9.17, 15) is 19.1 Å². The Balaban J connectivity index is 1.37. The van der Waals surface area contributed by atoms with Crippen molar-refractivity contribution in [1.29, 1.82) is 0 Å². The van der Waals surface area contributed by atoms with E-state index in [4.69, 9.17) is 4.74 Å². The molecule has 2 aliphatic heterocycles. The third kappa shape index (κ3) is 6.63. The number of fused-ring (bicyclic) bond motifs is 2. The lowest BCUT2D eigenvalue weighted by molar-refractivity contribution is -0.126. The van der Waals surface area contributed by atoms with Crippen LogP contribution in [0.4, 0.5) is 9.18 Å². The first kappa shape index (κ1) is 28.8. The van der Waals surface area contributed by atoms with Gasteiger partial charge < -0.3 is 20.1 Å². The van der Waals surface area contributed by atoms with Gasteiger partial charge in [0.05, 0.1) is 23.2 Å². The Bertz CT molecular complexity index is 1430. The molecule has 2 atom stereocenters. The van der Waals surface area contributed by atoms with E-state index in [1.165, 1.54) is 17.0 Å². The average molecular weight is 623 g/mol. The van der Waals surface area contributed by atoms with E-state index in [1.807, 2.05) is 54.6 Å². The molecular weight excluding hydrogens is 589 g/mol. The molecule has 7 nitrogen and oxygen atoms in total. The van der Waals surface area contributed by atoms with Crippen LogP contribution in [0.25, 0.3) is 5.57 Å². The predicted molar refractivity (Wildman–Crippen MR) is 159 cm³/mol. The summed E-state index contributed by atoms with van der Waals surface area (Å²) in [5, 5.41) is 13.4. The fourth-order valence-electron chi connectivity index (χ4n) is 5.62. The summed E-state index contributed by atoms with van der Waals surface area (Å²) in [6, 6.07) is 21.5. The molecule has 3 aromatic rings. The van der Waals surface area contributed by atoms with Gasteiger partial charge in [-0.05, 0) is 63.2 Å². The summed E-state index contributed by atoms with van der Waals surface area (Å²) >= 11 is 3.38. The monoisotopic (exact) mass is 621 g/mol. The van der Waals surface area contributed by atoms with Crippen molar-refractivity contribution in [1.82, 2.24) is 15.1 Å². The number of carbonyl (C=O) groups is 2. The number of carbonyl (C=O) groups excluding carboxylic acids is 1. The fraction of sp³-hybridized carbons (Fsp3) is 0.312. The number of carboxylic acid groups (broad SMARTS) is 1. The third-order valence-electron chi connectivity index (χ3n) is 7.77. The maximum absolute atomic E-state index is 13.9. The first-order chi connectivity index (χ1) is 19.8. The topological polar surface area (TPSA) is 82.1 Å². The van der Waals surface area contributed by atoms with Crippen molar-refractivity contribution in [3.8, 4) is 5.75 Å². The zero-order chi connectivity index (χ0) is 28.9. The molecule has 3 aromatic carbocycles. The number of piperazine rings is 1. The van der Waals surface area contributed by atoms with Gasteiger partial charge in [-0.3, -0.25) is 9.69 Å². The lowest BCUT2D eigenvalue weighted by Crippen LogP contribution is -2.63. The number of ether oxygens (including phenoxy) is 1. The first-order valence-corrected chi connectivity index (χ1v) is 14.5. The second kappa shape index (κ2) is 12.9. The molecule has 2 heterocycles. The van der Waals surface area contributed by atoms with Crippen LogP contribution >= 0.6 is 15.9 Å². The van der Waals surface area contributed by atoms with Crippen LogP contribution in [-0.4, -0.2) is 72.3 Å². The summed E-state index contributed by atoms with van der Waals surface area (Å²) in [6.45, 7) is 1.84. The van der Waals surface area contributed by atoms with Crippen LogP contribution in [0.5, 0.6) is 5.75 Å². The number of nitrogens with zero attached hydrogens (tertiary/aromatic N) is 2. The van der Waals surface area contributed by atoms with E-state index >= 15 is 0 Å². The summed E-state index contributed by atoms with van der Waals surface area (Å²) in [5.74, 6) is -0.0464. The Morgan fingerprint density at radius 1 is 1.05 bits per heavy atom. The Hall–Kier alpha value is -3.69. The Morgan fingerprint density at radius 3 is 2.51 bits per heavy atom. The number of nitrogens with one attached hydrogen (secondary N) is 1. The average Bonchev–Trinajstić information content (AvgIpc) is 2.97. The highest BCUT2D eigenvalue weighted by molar-refractivity contribution is 9.10. The van der Waals surface area contributed by atoms with Gasteiger partial charge in [-0.2, -0.15) is 0 Å². The standard InChI is InChI=1S/C32H33BrFN3O4/c1-36(15-13-21-5-3-2-4-6-21)31(38)30-26(18-25-19-35-20-28(30)37(25)32(39)40)23-9-7-22(8-10-23)14-16-41-29-17-24(34)11-12-27(29)33/h2-12,17,25,28,35H,13-16,18-20H2,1H3,(H,39,40)/t25?,28-/m1/s1. The van der Waals surface area contributed by atoms with Gasteiger partial charge in [-0.25, -0.2) is 9.18 Å². The number of hydrogen-bond acceptors (Lipinski definition) is 4. The molecule has 1 fully saturated rings. The smallest absolute Gasteiger partial charge is 0.408 e. The van der Waals surface area contributed by atoms with E-state index in [-0.39, 0.29) is 17.8 Å². The largest absolute Gasteiger partial charge is 0.492 e. The summed E-state index contributed by atoms with van der Waals surface area (Å²) in [7, 11) is 1.78. The summed E-state index contributed by atoms with van der Waals surface area (Å²) in [4.78, 5) is 29.4. The van der Waals surface area contributed by atoms with Crippen LogP contribution in [0.1, 0.15) is 23.1 Å². The summed E-state index contributed by atoms with van der Waals surface area (Å²) in [5.41, 5.74) is 4.55. The lowest BCUT2D eigenvalue weighted by atomic mass is 9.82. The van der Waals surface area contributed by atoms with Crippen molar-refractivity contribution in [2.45, 2.75) is 31.3 Å². The van der Waals surface area contributed by atoms with Gasteiger partial charge in [0.2, 0.25) is 0 Å². The molecule has 0 spiro atoms. The summed E-state index contributed by atoms with van der Waals surface area (Å²) in [6.07, 6.45) is 0.790. The highest BCUT2D eigenvalue weighted by Gasteiger charge is 2.44. The molecule has 41 heavy (non-hydrogen) atoms. The van der Waals surface area contributed by atoms with E-state index in [0.717, 1.165) is 22.3 Å². The van der Waals surface area contributed by atoms with Gasteiger partial charge in [0.25, 0.3) is 5.91 Å². The van der Waals surface area contributed by atoms with Gasteiger partial charge in [0, 0.05) is 44.7 Å². The molecule has 9 heteroatoms. The number of rotatable bonds is 9. The van der Waals surface area contributed by atoms with Crippen molar-refractivity contribution in [3.63, 3.8) is 0 Å². The van der Waals surface area contributed by atoms with Crippen LogP contribution in [0.2, 0.25) is 0 Å². The molecule has 0 radical (unpaired) electrons. The molecule has 0 aliphatic carbocycles. The molecule has 2 aliphatic rings. The first-order valence-electron chi connectivity index (χ1n) is 13.7. The van der Waals surface area contributed by atoms with Crippen molar-refractivity contribution in [2.24, 2.45) is 0 Å². The zero-order valence-electron chi connectivity index (χ0n) is 22.9. The van der Waals surface area contributed by atoms with Crippen molar-refractivity contribution in [2.75, 3.05) is 33.3 Å². The van der Waals surface area contributed by atoms with Crippen molar-refractivity contribution in [3.05, 3.63) is 105 Å². The predicted octanol–water partition coefficient (Wildman–Crippen LogP) is 5.39. The minimum atomic E-state index is -1.00. The van der Waals surface area contributed by atoms with E-state index in [0.29, 0.717) is 61.3 Å². The lowest BCUT2D eigenvalue weighted by Gasteiger charge is -2.46. The van der Waals surface area contributed by atoms with E-state index in [1.54, 1.807) is 18.0 Å². The molecule has 1 unspecified atom stereocenters. The molecule has 1 saturated heterocycles. The van der Waals surface area contributed by atoms with Crippen molar-refractivity contribution < 1.29 is 23.8 Å². The molecule has 0 aromatic heterocycles. The van der Waals surface area contributed by atoms with Gasteiger partial charge in [0.15, 0.2) is 0 Å². The molecular formula is C32H33BrFN3O4. The Kier molecular flexibility index (Phi) is 9.05. The van der Waals surface area contributed by atoms with Crippen molar-refractivity contribution >= 4 is 33.5 Å². The van der Waals surface area contributed by atoms with Crippen LogP contribution < -0.4 is 10.1 Å². The molecule has 0 saturated carbocycles. The zero-order valence-corrected chi connectivity index (χ0v) is 24.4. The maximum atomic E-state index is 13.9. The highest BCUT2D eigenvalue weighted by Crippen LogP contribution is 2.37. The van der Waals surface area contributed by atoms with Gasteiger partial charge >= 0.3 is 6.09 Å². The Labute approximate surface area is 247 Å². The number of benzene rings is 3. The second-order valence-corrected chi connectivity index (χ2v) is 11.3. The van der Waals surface area contributed by atoms with Crippen LogP contribution in [-0.2, 0) is 17.6 Å². The Morgan fingerprint density at radius 2 is 1.78 bits per heavy atom. The minimum Gasteiger partial charge on any atom is -0.492 e. The van der Waals surface area contributed by atoms with Gasteiger partial charge in [-0.15, -0.1) is 0 Å². The van der Waals surface area contributed by atoms with Gasteiger partial charge in [0.1, 0.15) is 11.6 Å². The van der Waals surface area contributed by atoms with E-state index in [2.05, 4.69) is 21.2 Å². The minimum absolute atomic E-state index is 0.146. The maximum Gasteiger partial charge on any atom is 0.408 e. The van der Waals surface area contributed by atoms with E-state index < -0.39 is 12.1 Å². The highest BCUT2D eigenvalue weighted by atomic mass is 79.9. The quantitative estimate of drug-likeness (QED) is 0.335. The molecule has 2 bridgehead atoms. The number of amides is 2. The molecule has 5 rings (SSSR count). The normalized spacial score (nSPS) is 18.3. The number of likely N-dealkylation sites (N-methyl/N-ethyl adjacent to an activating group) is 1. The van der Waals surface area contributed by atoms with Crippen LogP contribution in [0.3, 0.4) is 0 Å². The van der Waals surface area contributed by atoms with Gasteiger partial charge in [-0.1, -0.05) is 54.6 Å². The third-order valence-corrected chi connectivity index (χ3v) is 8.42. The van der Waals surface area contributed by atoms with Crippen LogP contribution in [0, 0.1) is 5.82 Å². The molecule has 2 N–H and O–H groups in total.